The van der Waals surface area contributed by atoms with Gasteiger partial charge < -0.3 is 10.8 Å². The second-order valence-corrected chi connectivity index (χ2v) is 10.3. The third-order valence-electron chi connectivity index (χ3n) is 5.73. The van der Waals surface area contributed by atoms with Crippen molar-refractivity contribution < 1.29 is 31.1 Å². The number of benzene rings is 2. The van der Waals surface area contributed by atoms with Gasteiger partial charge in [-0.05, 0) is 36.5 Å². The van der Waals surface area contributed by atoms with E-state index in [0.29, 0.717) is 5.56 Å². The maximum absolute atomic E-state index is 15.0. The second-order valence-electron chi connectivity index (χ2n) is 7.89. The van der Waals surface area contributed by atoms with Gasteiger partial charge in [-0.1, -0.05) is 29.8 Å². The molecule has 31 heavy (non-hydrogen) atoms. The zero-order valence-corrected chi connectivity index (χ0v) is 17.5. The van der Waals surface area contributed by atoms with Crippen LogP contribution < -0.4 is 5.73 Å². The molecule has 2 aliphatic rings. The van der Waals surface area contributed by atoms with Crippen molar-refractivity contribution in [3.63, 3.8) is 0 Å². The molecule has 0 unspecified atom stereocenters. The highest BCUT2D eigenvalue weighted by Crippen LogP contribution is 2.49. The molecule has 4 rings (SSSR count). The number of hydrogen-bond acceptors (Lipinski definition) is 5. The average molecular weight is 477 g/mol. The van der Waals surface area contributed by atoms with Crippen molar-refractivity contribution in [2.24, 2.45) is 16.6 Å². The van der Waals surface area contributed by atoms with Crippen LogP contribution in [0.2, 0.25) is 5.02 Å². The Labute approximate surface area is 180 Å². The SMILES string of the molecule is NC1=NCc2ccc(-c3ccc(S(=O)(=O)CC4CC(O)(C(F)(F)F)C4)cc3Cl)c(F)c21. The Balaban J connectivity index is 1.58. The molecule has 0 saturated heterocycles. The first-order chi connectivity index (χ1) is 14.3. The maximum Gasteiger partial charge on any atom is 0.417 e. The van der Waals surface area contributed by atoms with Crippen LogP contribution in [-0.2, 0) is 16.4 Å². The van der Waals surface area contributed by atoms with Gasteiger partial charge in [-0.25, -0.2) is 12.8 Å². The van der Waals surface area contributed by atoms with Crippen molar-refractivity contribution in [3.05, 3.63) is 52.3 Å². The third kappa shape index (κ3) is 3.70. The minimum atomic E-state index is -4.80. The Kier molecular flexibility index (Phi) is 5.10. The van der Waals surface area contributed by atoms with Gasteiger partial charge in [0.25, 0.3) is 0 Å². The van der Waals surface area contributed by atoms with E-state index in [1.54, 1.807) is 6.07 Å². The van der Waals surface area contributed by atoms with E-state index in [1.165, 1.54) is 18.2 Å². The molecule has 0 aromatic heterocycles. The predicted octanol–water partition coefficient (Wildman–Crippen LogP) is 3.84. The van der Waals surface area contributed by atoms with Gasteiger partial charge in [0.2, 0.25) is 0 Å². The van der Waals surface area contributed by atoms with E-state index in [0.717, 1.165) is 6.07 Å². The van der Waals surface area contributed by atoms with Crippen LogP contribution in [0.3, 0.4) is 0 Å². The summed E-state index contributed by atoms with van der Waals surface area (Å²) in [5, 5.41) is 9.47. The zero-order chi connectivity index (χ0) is 22.8. The molecule has 1 aliphatic carbocycles. The van der Waals surface area contributed by atoms with Crippen LogP contribution >= 0.6 is 11.6 Å². The number of nitrogens with zero attached hydrogens (tertiary/aromatic N) is 1. The highest BCUT2D eigenvalue weighted by Gasteiger charge is 2.61. The highest BCUT2D eigenvalue weighted by atomic mass is 35.5. The fourth-order valence-electron chi connectivity index (χ4n) is 4.04. The number of halogens is 5. The fraction of sp³-hybridized carbons (Fsp3) is 0.350. The largest absolute Gasteiger partial charge is 0.417 e. The molecular weight excluding hydrogens is 460 g/mol. The van der Waals surface area contributed by atoms with E-state index in [9.17, 15) is 31.1 Å². The lowest BCUT2D eigenvalue weighted by molar-refractivity contribution is -0.296. The van der Waals surface area contributed by atoms with Gasteiger partial charge in [0.05, 0.1) is 22.8 Å². The van der Waals surface area contributed by atoms with E-state index in [4.69, 9.17) is 17.3 Å². The lowest BCUT2D eigenvalue weighted by Gasteiger charge is -2.44. The Bertz CT molecular complexity index is 1210. The molecule has 1 aliphatic heterocycles. The standard InChI is InChI=1S/C20H17ClF4N2O3S/c21-15-5-12(31(29,30)9-10-6-19(28,7-10)20(23,24)25)2-4-13(15)14-3-1-11-8-27-18(26)16(11)17(14)22/h1-5,10,28H,6-9H2,(H2,26,27). The van der Waals surface area contributed by atoms with E-state index in [1.807, 2.05) is 0 Å². The number of amidine groups is 1. The number of sulfone groups is 1. The van der Waals surface area contributed by atoms with Gasteiger partial charge in [-0.3, -0.25) is 4.99 Å². The third-order valence-corrected chi connectivity index (χ3v) is 7.92. The summed E-state index contributed by atoms with van der Waals surface area (Å²) in [6, 6.07) is 6.88. The molecule has 11 heteroatoms. The highest BCUT2D eigenvalue weighted by molar-refractivity contribution is 7.91. The topological polar surface area (TPSA) is 92.8 Å². The Morgan fingerprint density at radius 2 is 1.84 bits per heavy atom. The first kappa shape index (κ1) is 22.0. The van der Waals surface area contributed by atoms with Crippen molar-refractivity contribution in [2.45, 2.75) is 36.1 Å². The van der Waals surface area contributed by atoms with Crippen molar-refractivity contribution in [2.75, 3.05) is 5.75 Å². The normalized spacial score (nSPS) is 23.3. The number of aliphatic imine (C=N–C) groups is 1. The maximum atomic E-state index is 15.0. The predicted molar refractivity (Wildman–Crippen MR) is 107 cm³/mol. The Morgan fingerprint density at radius 1 is 1.19 bits per heavy atom. The number of rotatable bonds is 4. The molecule has 1 heterocycles. The van der Waals surface area contributed by atoms with Crippen LogP contribution in [0.5, 0.6) is 0 Å². The molecule has 166 valence electrons. The minimum Gasteiger partial charge on any atom is -0.383 e. The van der Waals surface area contributed by atoms with Crippen LogP contribution in [0.15, 0.2) is 40.2 Å². The smallest absolute Gasteiger partial charge is 0.383 e. The first-order valence-electron chi connectivity index (χ1n) is 9.26. The molecule has 1 saturated carbocycles. The molecule has 5 nitrogen and oxygen atoms in total. The van der Waals surface area contributed by atoms with Crippen LogP contribution in [0.1, 0.15) is 24.0 Å². The summed E-state index contributed by atoms with van der Waals surface area (Å²) in [5.41, 5.74) is 4.08. The number of alkyl halides is 3. The number of nitrogens with two attached hydrogens (primary N) is 1. The van der Waals surface area contributed by atoms with Crippen LogP contribution in [0.4, 0.5) is 17.6 Å². The molecule has 1 fully saturated rings. The molecular formula is C20H17ClF4N2O3S. The van der Waals surface area contributed by atoms with E-state index >= 15 is 0 Å². The number of fused-ring (bicyclic) bond motifs is 1. The summed E-state index contributed by atoms with van der Waals surface area (Å²) in [7, 11) is -3.96. The summed E-state index contributed by atoms with van der Waals surface area (Å²) >= 11 is 6.24. The van der Waals surface area contributed by atoms with Gasteiger partial charge in [-0.15, -0.1) is 0 Å². The molecule has 3 N–H and O–H groups in total. The quantitative estimate of drug-likeness (QED) is 0.656. The molecule has 0 amide bonds. The lowest BCUT2D eigenvalue weighted by Crippen LogP contribution is -2.56. The van der Waals surface area contributed by atoms with Gasteiger partial charge in [0, 0.05) is 16.1 Å². The molecule has 0 radical (unpaired) electrons. The van der Waals surface area contributed by atoms with E-state index in [2.05, 4.69) is 4.99 Å². The van der Waals surface area contributed by atoms with Gasteiger partial charge in [0.15, 0.2) is 15.4 Å². The fourth-order valence-corrected chi connectivity index (χ4v) is 6.01. The van der Waals surface area contributed by atoms with E-state index < -0.39 is 51.9 Å². The number of hydrogen-bond donors (Lipinski definition) is 2. The van der Waals surface area contributed by atoms with Gasteiger partial charge in [-0.2, -0.15) is 13.2 Å². The van der Waals surface area contributed by atoms with Gasteiger partial charge >= 0.3 is 6.18 Å². The van der Waals surface area contributed by atoms with Crippen molar-refractivity contribution in [3.8, 4) is 11.1 Å². The minimum absolute atomic E-state index is 0.0335. The monoisotopic (exact) mass is 476 g/mol. The number of aliphatic hydroxyl groups is 1. The Morgan fingerprint density at radius 3 is 2.45 bits per heavy atom. The van der Waals surface area contributed by atoms with Crippen molar-refractivity contribution in [1.29, 1.82) is 0 Å². The molecule has 2 aromatic carbocycles. The first-order valence-corrected chi connectivity index (χ1v) is 11.3. The molecule has 0 atom stereocenters. The molecule has 0 spiro atoms. The summed E-state index contributed by atoms with van der Waals surface area (Å²) < 4.78 is 78.5. The lowest BCUT2D eigenvalue weighted by atomic mass is 9.71. The summed E-state index contributed by atoms with van der Waals surface area (Å²) in [6.07, 6.45) is -6.15. The van der Waals surface area contributed by atoms with Crippen LogP contribution in [0.25, 0.3) is 11.1 Å². The summed E-state index contributed by atoms with van der Waals surface area (Å²) in [5.74, 6) is -1.92. The van der Waals surface area contributed by atoms with Gasteiger partial charge in [0.1, 0.15) is 11.7 Å². The van der Waals surface area contributed by atoms with Crippen LogP contribution in [0, 0.1) is 11.7 Å². The van der Waals surface area contributed by atoms with Crippen LogP contribution in [-0.4, -0.2) is 36.9 Å². The average Bonchev–Trinajstić information content (AvgIpc) is 3.02. The Hall–Kier alpha value is -2.17. The molecule has 2 aromatic rings. The van der Waals surface area contributed by atoms with Crippen molar-refractivity contribution in [1.82, 2.24) is 0 Å². The summed E-state index contributed by atoms with van der Waals surface area (Å²) in [6.45, 7) is 0.272. The van der Waals surface area contributed by atoms with E-state index in [-0.39, 0.29) is 39.0 Å². The summed E-state index contributed by atoms with van der Waals surface area (Å²) in [4.78, 5) is 3.80. The molecule has 0 bridgehead atoms. The zero-order valence-electron chi connectivity index (χ0n) is 15.9. The van der Waals surface area contributed by atoms with Crippen molar-refractivity contribution >= 4 is 27.3 Å². The second kappa shape index (κ2) is 7.18.